The molecule has 0 aromatic heterocycles. The molecule has 0 spiro atoms. The van der Waals surface area contributed by atoms with E-state index in [4.69, 9.17) is 16.3 Å². The van der Waals surface area contributed by atoms with Gasteiger partial charge in [0.15, 0.2) is 0 Å². The van der Waals surface area contributed by atoms with Crippen molar-refractivity contribution >= 4 is 17.5 Å². The number of ether oxygens (including phenoxy) is 1. The van der Waals surface area contributed by atoms with Crippen LogP contribution in [0.4, 0.5) is 0 Å². The highest BCUT2D eigenvalue weighted by atomic mass is 35.5. The summed E-state index contributed by atoms with van der Waals surface area (Å²) in [7, 11) is 1.74. The number of halogens is 1. The summed E-state index contributed by atoms with van der Waals surface area (Å²) in [5, 5.41) is -0.665. The van der Waals surface area contributed by atoms with E-state index < -0.39 is 5.38 Å². The molecule has 2 rings (SSSR count). The number of nitrogens with zero attached hydrogens (tertiary/aromatic N) is 1. The van der Waals surface area contributed by atoms with E-state index in [0.717, 1.165) is 22.4 Å². The van der Waals surface area contributed by atoms with Crippen LogP contribution in [-0.4, -0.2) is 31.0 Å². The molecule has 0 saturated carbocycles. The van der Waals surface area contributed by atoms with Crippen molar-refractivity contribution in [1.29, 1.82) is 0 Å². The smallest absolute Gasteiger partial charge is 0.245 e. The summed E-state index contributed by atoms with van der Waals surface area (Å²) in [6.07, 6.45) is 0. The van der Waals surface area contributed by atoms with Crippen molar-refractivity contribution < 1.29 is 9.53 Å². The van der Waals surface area contributed by atoms with Crippen molar-refractivity contribution in [3.8, 4) is 5.75 Å². The zero-order valence-corrected chi connectivity index (χ0v) is 14.5. The number of carbonyl (C=O) groups is 1. The molecule has 0 fully saturated rings. The first-order chi connectivity index (χ1) is 11.0. The molecule has 0 bridgehead atoms. The quantitative estimate of drug-likeness (QED) is 0.745. The Morgan fingerprint density at radius 1 is 1.09 bits per heavy atom. The van der Waals surface area contributed by atoms with Crippen molar-refractivity contribution in [1.82, 2.24) is 4.90 Å². The molecule has 0 saturated heterocycles. The summed E-state index contributed by atoms with van der Waals surface area (Å²) >= 11 is 6.27. The molecular formula is C19H22ClNO2. The Balaban J connectivity index is 1.89. The third-order valence-corrected chi connectivity index (χ3v) is 4.21. The van der Waals surface area contributed by atoms with E-state index in [-0.39, 0.29) is 5.91 Å². The lowest BCUT2D eigenvalue weighted by atomic mass is 10.1. The molecule has 1 amide bonds. The van der Waals surface area contributed by atoms with E-state index >= 15 is 0 Å². The predicted octanol–water partition coefficient (Wildman–Crippen LogP) is 4.12. The summed E-state index contributed by atoms with van der Waals surface area (Å²) in [4.78, 5) is 14.0. The maximum absolute atomic E-state index is 12.4. The summed E-state index contributed by atoms with van der Waals surface area (Å²) in [6, 6.07) is 15.4. The molecular weight excluding hydrogens is 310 g/mol. The first-order valence-electron chi connectivity index (χ1n) is 7.63. The Labute approximate surface area is 142 Å². The number of likely N-dealkylation sites (N-methyl/N-ethyl adjacent to an activating group) is 1. The van der Waals surface area contributed by atoms with Gasteiger partial charge in [0.1, 0.15) is 17.7 Å². The third kappa shape index (κ3) is 4.49. The van der Waals surface area contributed by atoms with Crippen molar-refractivity contribution in [2.24, 2.45) is 0 Å². The minimum absolute atomic E-state index is 0.122. The molecule has 1 unspecified atom stereocenters. The lowest BCUT2D eigenvalue weighted by Crippen LogP contribution is -2.33. The molecule has 0 heterocycles. The monoisotopic (exact) mass is 331 g/mol. The highest BCUT2D eigenvalue weighted by Gasteiger charge is 2.21. The lowest BCUT2D eigenvalue weighted by Gasteiger charge is -2.21. The van der Waals surface area contributed by atoms with Gasteiger partial charge in [0.2, 0.25) is 5.91 Å². The van der Waals surface area contributed by atoms with Crippen molar-refractivity contribution in [3.63, 3.8) is 0 Å². The van der Waals surface area contributed by atoms with Crippen LogP contribution in [0, 0.1) is 13.8 Å². The molecule has 2 aromatic carbocycles. The summed E-state index contributed by atoms with van der Waals surface area (Å²) in [5.41, 5.74) is 3.00. The molecule has 122 valence electrons. The van der Waals surface area contributed by atoms with Crippen molar-refractivity contribution in [2.75, 3.05) is 20.2 Å². The highest BCUT2D eigenvalue weighted by Crippen LogP contribution is 2.23. The molecule has 0 aliphatic carbocycles. The van der Waals surface area contributed by atoms with Crippen LogP contribution in [0.3, 0.4) is 0 Å². The Hall–Kier alpha value is -2.00. The first-order valence-corrected chi connectivity index (χ1v) is 8.07. The first kappa shape index (κ1) is 17.4. The van der Waals surface area contributed by atoms with Gasteiger partial charge in [0, 0.05) is 7.05 Å². The van der Waals surface area contributed by atoms with Crippen LogP contribution >= 0.6 is 11.6 Å². The van der Waals surface area contributed by atoms with Crippen LogP contribution < -0.4 is 4.74 Å². The van der Waals surface area contributed by atoms with Gasteiger partial charge in [-0.1, -0.05) is 48.5 Å². The van der Waals surface area contributed by atoms with E-state index in [1.807, 2.05) is 62.4 Å². The normalized spacial score (nSPS) is 11.8. The standard InChI is InChI=1S/C19H22ClNO2/c1-14-8-7-9-15(2)18(14)23-13-12-21(3)19(22)17(20)16-10-5-4-6-11-16/h4-11,17H,12-13H2,1-3H3. The number of alkyl halides is 1. The van der Waals surface area contributed by atoms with Crippen LogP contribution in [0.1, 0.15) is 22.1 Å². The van der Waals surface area contributed by atoms with Gasteiger partial charge < -0.3 is 9.64 Å². The fraction of sp³-hybridized carbons (Fsp3) is 0.316. The second-order valence-electron chi connectivity index (χ2n) is 5.60. The number of hydrogen-bond donors (Lipinski definition) is 0. The van der Waals surface area contributed by atoms with Gasteiger partial charge in [-0.25, -0.2) is 0 Å². The fourth-order valence-corrected chi connectivity index (χ4v) is 2.69. The van der Waals surface area contributed by atoms with Crippen LogP contribution in [-0.2, 0) is 4.79 Å². The molecule has 3 nitrogen and oxygen atoms in total. The predicted molar refractivity (Wildman–Crippen MR) is 94.1 cm³/mol. The van der Waals surface area contributed by atoms with E-state index in [1.54, 1.807) is 11.9 Å². The Kier molecular flexibility index (Phi) is 6.05. The number of para-hydroxylation sites is 1. The number of carbonyl (C=O) groups excluding carboxylic acids is 1. The molecule has 0 N–H and O–H groups in total. The number of hydrogen-bond acceptors (Lipinski definition) is 2. The van der Waals surface area contributed by atoms with Gasteiger partial charge in [-0.3, -0.25) is 4.79 Å². The maximum atomic E-state index is 12.4. The Bertz CT molecular complexity index is 637. The zero-order valence-electron chi connectivity index (χ0n) is 13.8. The van der Waals surface area contributed by atoms with E-state index in [9.17, 15) is 4.79 Å². The zero-order chi connectivity index (χ0) is 16.8. The molecule has 2 aromatic rings. The second-order valence-corrected chi connectivity index (χ2v) is 6.04. The van der Waals surface area contributed by atoms with Gasteiger partial charge >= 0.3 is 0 Å². The average Bonchev–Trinajstić information content (AvgIpc) is 2.56. The minimum Gasteiger partial charge on any atom is -0.491 e. The number of benzene rings is 2. The SMILES string of the molecule is Cc1cccc(C)c1OCCN(C)C(=O)C(Cl)c1ccccc1. The second kappa shape index (κ2) is 8.02. The lowest BCUT2D eigenvalue weighted by molar-refractivity contribution is -0.129. The molecule has 0 aliphatic heterocycles. The van der Waals surface area contributed by atoms with E-state index in [1.165, 1.54) is 0 Å². The van der Waals surface area contributed by atoms with Crippen LogP contribution in [0.15, 0.2) is 48.5 Å². The molecule has 0 radical (unpaired) electrons. The minimum atomic E-state index is -0.665. The molecule has 0 aliphatic rings. The highest BCUT2D eigenvalue weighted by molar-refractivity contribution is 6.30. The summed E-state index contributed by atoms with van der Waals surface area (Å²) in [5.74, 6) is 0.766. The van der Waals surface area contributed by atoms with Crippen molar-refractivity contribution in [3.05, 3.63) is 65.2 Å². The fourth-order valence-electron chi connectivity index (χ4n) is 2.38. The molecule has 1 atom stereocenters. The van der Waals surface area contributed by atoms with Crippen LogP contribution in [0.2, 0.25) is 0 Å². The summed E-state index contributed by atoms with van der Waals surface area (Å²) < 4.78 is 5.84. The Morgan fingerprint density at radius 2 is 1.70 bits per heavy atom. The number of amides is 1. The van der Waals surface area contributed by atoms with E-state index in [2.05, 4.69) is 0 Å². The van der Waals surface area contributed by atoms with Crippen LogP contribution in [0.25, 0.3) is 0 Å². The average molecular weight is 332 g/mol. The largest absolute Gasteiger partial charge is 0.491 e. The van der Waals surface area contributed by atoms with Crippen LogP contribution in [0.5, 0.6) is 5.75 Å². The van der Waals surface area contributed by atoms with E-state index in [0.29, 0.717) is 13.2 Å². The third-order valence-electron chi connectivity index (χ3n) is 3.77. The molecule has 23 heavy (non-hydrogen) atoms. The number of rotatable bonds is 6. The van der Waals surface area contributed by atoms with Crippen molar-refractivity contribution in [2.45, 2.75) is 19.2 Å². The van der Waals surface area contributed by atoms with Gasteiger partial charge in [-0.05, 0) is 30.5 Å². The number of aryl methyl sites for hydroxylation is 2. The summed E-state index contributed by atoms with van der Waals surface area (Å²) in [6.45, 7) is 4.96. The van der Waals surface area contributed by atoms with Gasteiger partial charge in [0.25, 0.3) is 0 Å². The van der Waals surface area contributed by atoms with Gasteiger partial charge in [-0.15, -0.1) is 11.6 Å². The van der Waals surface area contributed by atoms with Gasteiger partial charge in [0.05, 0.1) is 6.54 Å². The van der Waals surface area contributed by atoms with Gasteiger partial charge in [-0.2, -0.15) is 0 Å². The maximum Gasteiger partial charge on any atom is 0.245 e. The Morgan fingerprint density at radius 3 is 2.30 bits per heavy atom. The molecule has 4 heteroatoms. The topological polar surface area (TPSA) is 29.5 Å².